The second-order valence-electron chi connectivity index (χ2n) is 8.69. The normalized spacial score (nSPS) is 16.6. The molecule has 33 heavy (non-hydrogen) atoms. The fourth-order valence-corrected chi connectivity index (χ4v) is 4.05. The molecular weight excluding hydrogens is 420 g/mol. The van der Waals surface area contributed by atoms with E-state index >= 15 is 0 Å². The van der Waals surface area contributed by atoms with Crippen LogP contribution in [0.25, 0.3) is 5.69 Å². The number of rotatable bonds is 6. The number of nitrogens with zero attached hydrogens (tertiary/aromatic N) is 3. The van der Waals surface area contributed by atoms with Crippen molar-refractivity contribution in [1.82, 2.24) is 20.0 Å². The molecule has 3 aromatic rings. The van der Waals surface area contributed by atoms with Gasteiger partial charge in [0.1, 0.15) is 0 Å². The minimum Gasteiger partial charge on any atom is -0.380 e. The molecule has 8 nitrogen and oxygen atoms in total. The Morgan fingerprint density at radius 2 is 1.85 bits per heavy atom. The monoisotopic (exact) mass is 448 g/mol. The molecule has 0 spiro atoms. The molecule has 8 heteroatoms. The number of aryl methyl sites for hydroxylation is 1. The van der Waals surface area contributed by atoms with E-state index in [9.17, 15) is 19.8 Å². The van der Waals surface area contributed by atoms with E-state index in [1.165, 1.54) is 4.90 Å². The maximum atomic E-state index is 12.9. The van der Waals surface area contributed by atoms with Crippen LogP contribution in [-0.4, -0.2) is 48.4 Å². The molecule has 1 aliphatic heterocycles. The molecule has 172 valence electrons. The van der Waals surface area contributed by atoms with Gasteiger partial charge in [-0.05, 0) is 61.2 Å². The molecule has 1 aliphatic rings. The van der Waals surface area contributed by atoms with Crippen LogP contribution in [0.1, 0.15) is 42.1 Å². The smallest absolute Gasteiger partial charge is 0.255 e. The molecule has 0 fully saturated rings. The number of aromatic nitrogens is 2. The highest BCUT2D eigenvalue weighted by molar-refractivity contribution is 5.94. The second-order valence-corrected chi connectivity index (χ2v) is 8.69. The topological polar surface area (TPSA) is 108 Å². The van der Waals surface area contributed by atoms with Crippen LogP contribution in [0.15, 0.2) is 60.9 Å². The Kier molecular flexibility index (Phi) is 6.05. The van der Waals surface area contributed by atoms with Gasteiger partial charge in [-0.2, -0.15) is 5.10 Å². The number of nitrogens with one attached hydrogen (secondary N) is 1. The summed E-state index contributed by atoms with van der Waals surface area (Å²) >= 11 is 0. The average Bonchev–Trinajstić information content (AvgIpc) is 3.49. The van der Waals surface area contributed by atoms with Crippen LogP contribution in [0.5, 0.6) is 0 Å². The Balaban J connectivity index is 1.40. The van der Waals surface area contributed by atoms with Crippen molar-refractivity contribution < 1.29 is 19.8 Å². The number of hydrogen-bond donors (Lipinski definition) is 3. The van der Waals surface area contributed by atoms with Crippen molar-refractivity contribution in [2.45, 2.75) is 51.6 Å². The van der Waals surface area contributed by atoms with Crippen LogP contribution < -0.4 is 5.32 Å². The summed E-state index contributed by atoms with van der Waals surface area (Å²) in [5, 5.41) is 28.3. The second kappa shape index (κ2) is 8.80. The lowest BCUT2D eigenvalue weighted by Gasteiger charge is -2.31. The van der Waals surface area contributed by atoms with Gasteiger partial charge in [-0.25, -0.2) is 4.68 Å². The first-order valence-electron chi connectivity index (χ1n) is 10.9. The van der Waals surface area contributed by atoms with E-state index in [1.807, 2.05) is 61.7 Å². The van der Waals surface area contributed by atoms with Crippen molar-refractivity contribution in [2.75, 3.05) is 0 Å². The summed E-state index contributed by atoms with van der Waals surface area (Å²) in [6.07, 6.45) is 1.63. The molecule has 2 aromatic carbocycles. The lowest BCUT2D eigenvalue weighted by atomic mass is 9.95. The highest BCUT2D eigenvalue weighted by Crippen LogP contribution is 2.27. The van der Waals surface area contributed by atoms with Gasteiger partial charge in [-0.3, -0.25) is 9.59 Å². The van der Waals surface area contributed by atoms with Gasteiger partial charge in [0.2, 0.25) is 0 Å². The van der Waals surface area contributed by atoms with E-state index in [4.69, 9.17) is 0 Å². The van der Waals surface area contributed by atoms with Crippen molar-refractivity contribution in [2.24, 2.45) is 0 Å². The third kappa shape index (κ3) is 4.40. The number of amides is 2. The van der Waals surface area contributed by atoms with Crippen LogP contribution in [0.4, 0.5) is 0 Å². The Bertz CT molecular complexity index is 1160. The van der Waals surface area contributed by atoms with Crippen molar-refractivity contribution in [3.63, 3.8) is 0 Å². The first kappa shape index (κ1) is 22.7. The van der Waals surface area contributed by atoms with E-state index < -0.39 is 29.6 Å². The zero-order valence-corrected chi connectivity index (χ0v) is 18.9. The van der Waals surface area contributed by atoms with Crippen molar-refractivity contribution in [1.29, 1.82) is 0 Å². The largest absolute Gasteiger partial charge is 0.380 e. The third-order valence-electron chi connectivity index (χ3n) is 6.26. The van der Waals surface area contributed by atoms with Gasteiger partial charge in [0.15, 0.2) is 11.7 Å². The molecule has 0 saturated carbocycles. The van der Waals surface area contributed by atoms with Gasteiger partial charge in [0.05, 0.1) is 11.7 Å². The van der Waals surface area contributed by atoms with E-state index in [0.29, 0.717) is 13.1 Å². The molecule has 0 aliphatic carbocycles. The molecule has 3 N–H and O–H groups in total. The number of carbonyl (C=O) groups excluding carboxylic acids is 2. The van der Waals surface area contributed by atoms with E-state index in [0.717, 1.165) is 34.9 Å². The molecule has 2 amide bonds. The maximum Gasteiger partial charge on any atom is 0.255 e. The molecule has 1 aromatic heterocycles. The fraction of sp³-hybridized carbons (Fsp3) is 0.320. The van der Waals surface area contributed by atoms with Crippen LogP contribution in [0.2, 0.25) is 0 Å². The summed E-state index contributed by atoms with van der Waals surface area (Å²) in [7, 11) is 0. The predicted octanol–water partition coefficient (Wildman–Crippen LogP) is 2.01. The molecule has 0 radical (unpaired) electrons. The summed E-state index contributed by atoms with van der Waals surface area (Å²) in [4.78, 5) is 27.2. The molecule has 4 rings (SSSR count). The number of aliphatic hydroxyl groups is 2. The Morgan fingerprint density at radius 1 is 1.12 bits per heavy atom. The van der Waals surface area contributed by atoms with E-state index in [2.05, 4.69) is 10.4 Å². The number of carbonyl (C=O) groups is 2. The van der Waals surface area contributed by atoms with Gasteiger partial charge in [-0.15, -0.1) is 0 Å². The minimum atomic E-state index is -2.29. The average molecular weight is 449 g/mol. The van der Waals surface area contributed by atoms with Gasteiger partial charge >= 0.3 is 0 Å². The maximum absolute atomic E-state index is 12.9. The van der Waals surface area contributed by atoms with Gasteiger partial charge in [0.25, 0.3) is 11.8 Å². The lowest BCUT2D eigenvalue weighted by molar-refractivity contribution is -0.166. The quantitative estimate of drug-likeness (QED) is 0.535. The fourth-order valence-electron chi connectivity index (χ4n) is 4.05. The number of benzene rings is 2. The molecule has 0 bridgehead atoms. The molecular formula is C25H28N4O4. The third-order valence-corrected chi connectivity index (χ3v) is 6.26. The van der Waals surface area contributed by atoms with Crippen LogP contribution >= 0.6 is 0 Å². The number of aliphatic hydroxyl groups excluding tert-OH is 1. The summed E-state index contributed by atoms with van der Waals surface area (Å²) in [5.74, 6) is -1.50. The highest BCUT2D eigenvalue weighted by Gasteiger charge is 2.45. The molecule has 0 saturated heterocycles. The van der Waals surface area contributed by atoms with Crippen molar-refractivity contribution in [3.8, 4) is 5.69 Å². The molecule has 2 heterocycles. The van der Waals surface area contributed by atoms with Gasteiger partial charge < -0.3 is 20.4 Å². The zero-order valence-electron chi connectivity index (χ0n) is 18.9. The Morgan fingerprint density at radius 3 is 2.48 bits per heavy atom. The van der Waals surface area contributed by atoms with E-state index in [-0.39, 0.29) is 0 Å². The first-order chi connectivity index (χ1) is 15.7. The molecule has 0 unspecified atom stereocenters. The Labute approximate surface area is 192 Å². The van der Waals surface area contributed by atoms with E-state index in [1.54, 1.807) is 17.8 Å². The van der Waals surface area contributed by atoms with Crippen molar-refractivity contribution in [3.05, 3.63) is 83.2 Å². The van der Waals surface area contributed by atoms with Gasteiger partial charge in [-0.1, -0.05) is 30.3 Å². The van der Waals surface area contributed by atoms with Gasteiger partial charge in [0, 0.05) is 25.5 Å². The van der Waals surface area contributed by atoms with Crippen LogP contribution in [0, 0.1) is 6.92 Å². The number of fused-ring (bicyclic) bond motifs is 1. The van der Waals surface area contributed by atoms with Crippen LogP contribution in [-0.2, 0) is 22.7 Å². The van der Waals surface area contributed by atoms with Crippen LogP contribution in [0.3, 0.4) is 0 Å². The minimum absolute atomic E-state index is 0.337. The molecule has 3 atom stereocenters. The Hall–Kier alpha value is -3.49. The predicted molar refractivity (Wildman–Crippen MR) is 122 cm³/mol. The number of hydrogen-bond acceptors (Lipinski definition) is 5. The zero-order chi connectivity index (χ0) is 23.8. The lowest BCUT2D eigenvalue weighted by Crippen LogP contribution is -2.58. The summed E-state index contributed by atoms with van der Waals surface area (Å²) in [6, 6.07) is 14.6. The summed E-state index contributed by atoms with van der Waals surface area (Å²) < 4.78 is 1.72. The summed E-state index contributed by atoms with van der Waals surface area (Å²) in [6.45, 7) is 5.58. The first-order valence-corrected chi connectivity index (χ1v) is 10.9. The standard InChI is InChI=1S/C25H28N4O4/c1-16-6-4-7-19-14-28(15-21(16)19)23(31)22(30)25(3,33)24(32)27-17(2)18-8-10-20(11-9-18)29-13-5-12-26-29/h4-13,17,22,30,33H,14-15H2,1-3H3,(H,27,32)/t17-,22+,25-/m1/s1. The summed E-state index contributed by atoms with van der Waals surface area (Å²) in [5.41, 5.74) is 2.50. The highest BCUT2D eigenvalue weighted by atomic mass is 16.4. The van der Waals surface area contributed by atoms with Crippen molar-refractivity contribution >= 4 is 11.8 Å². The SMILES string of the molecule is Cc1cccc2c1CN(C(=O)[C@H](O)[C@@](C)(O)C(=O)N[C@H](C)c1ccc(-n3cccn3)cc1)C2.